The van der Waals surface area contributed by atoms with Gasteiger partial charge in [-0.25, -0.2) is 0 Å². The van der Waals surface area contributed by atoms with Crippen LogP contribution in [0.4, 0.5) is 5.69 Å². The monoisotopic (exact) mass is 369 g/mol. The van der Waals surface area contributed by atoms with Gasteiger partial charge in [-0.1, -0.05) is 56.1 Å². The highest BCUT2D eigenvalue weighted by atomic mass is 79.9. The zero-order chi connectivity index (χ0) is 13.0. The zero-order valence-corrected chi connectivity index (χ0v) is 12.9. The molecule has 0 unspecified atom stereocenters. The van der Waals surface area contributed by atoms with Gasteiger partial charge < -0.3 is 10.5 Å². The summed E-state index contributed by atoms with van der Waals surface area (Å²) in [5.74, 6) is 0. The number of hydrogen-bond donors (Lipinski definition) is 1. The van der Waals surface area contributed by atoms with Crippen LogP contribution in [0.5, 0.6) is 0 Å². The second kappa shape index (κ2) is 6.36. The summed E-state index contributed by atoms with van der Waals surface area (Å²) < 4.78 is 7.76. The van der Waals surface area contributed by atoms with Crippen molar-refractivity contribution in [2.24, 2.45) is 0 Å². The number of halogens is 2. The van der Waals surface area contributed by atoms with Crippen molar-refractivity contribution in [3.05, 3.63) is 62.5 Å². The van der Waals surface area contributed by atoms with E-state index >= 15 is 0 Å². The van der Waals surface area contributed by atoms with Crippen molar-refractivity contribution in [3.8, 4) is 0 Å². The van der Waals surface area contributed by atoms with Crippen LogP contribution in [0, 0.1) is 0 Å². The van der Waals surface area contributed by atoms with E-state index < -0.39 is 0 Å². The summed E-state index contributed by atoms with van der Waals surface area (Å²) in [5, 5.41) is 0. The highest BCUT2D eigenvalue weighted by molar-refractivity contribution is 9.10. The van der Waals surface area contributed by atoms with Crippen molar-refractivity contribution < 1.29 is 4.74 Å². The molecule has 18 heavy (non-hydrogen) atoms. The number of hydrogen-bond acceptors (Lipinski definition) is 2. The summed E-state index contributed by atoms with van der Waals surface area (Å²) in [4.78, 5) is 0. The zero-order valence-electron chi connectivity index (χ0n) is 9.70. The Morgan fingerprint density at radius 3 is 2.22 bits per heavy atom. The molecule has 0 atom stereocenters. The van der Waals surface area contributed by atoms with Crippen LogP contribution in [0.15, 0.2) is 51.4 Å². The number of anilines is 1. The largest absolute Gasteiger partial charge is 0.399 e. The first-order chi connectivity index (χ1) is 8.66. The molecule has 0 fully saturated rings. The van der Waals surface area contributed by atoms with Crippen LogP contribution < -0.4 is 5.73 Å². The van der Waals surface area contributed by atoms with E-state index in [2.05, 4.69) is 31.9 Å². The van der Waals surface area contributed by atoms with Crippen molar-refractivity contribution in [1.82, 2.24) is 0 Å². The quantitative estimate of drug-likeness (QED) is 0.803. The minimum Gasteiger partial charge on any atom is -0.399 e. The lowest BCUT2D eigenvalue weighted by Crippen LogP contribution is -1.96. The van der Waals surface area contributed by atoms with Crippen LogP contribution in [0.25, 0.3) is 0 Å². The van der Waals surface area contributed by atoms with E-state index in [1.54, 1.807) is 0 Å². The lowest BCUT2D eigenvalue weighted by atomic mass is 10.2. The molecule has 0 spiro atoms. The minimum absolute atomic E-state index is 0.558. The Hall–Kier alpha value is -0.840. The summed E-state index contributed by atoms with van der Waals surface area (Å²) in [5.41, 5.74) is 8.67. The van der Waals surface area contributed by atoms with E-state index in [9.17, 15) is 0 Å². The van der Waals surface area contributed by atoms with Gasteiger partial charge >= 0.3 is 0 Å². The molecule has 0 aliphatic rings. The molecular weight excluding hydrogens is 358 g/mol. The molecule has 2 aromatic rings. The second-order valence-electron chi connectivity index (χ2n) is 3.94. The van der Waals surface area contributed by atoms with E-state index in [1.807, 2.05) is 42.5 Å². The smallest absolute Gasteiger partial charge is 0.0732 e. The Bertz CT molecular complexity index is 543. The van der Waals surface area contributed by atoms with Crippen LogP contribution in [0.1, 0.15) is 11.1 Å². The molecule has 0 aliphatic heterocycles. The Morgan fingerprint density at radius 1 is 0.889 bits per heavy atom. The van der Waals surface area contributed by atoms with Crippen molar-refractivity contribution in [2.45, 2.75) is 13.2 Å². The molecule has 0 saturated heterocycles. The van der Waals surface area contributed by atoms with Gasteiger partial charge in [0.2, 0.25) is 0 Å². The molecular formula is C14H13Br2NO. The molecule has 2 rings (SSSR count). The van der Waals surface area contributed by atoms with Gasteiger partial charge in [-0.05, 0) is 29.3 Å². The normalized spacial score (nSPS) is 10.6. The van der Waals surface area contributed by atoms with Crippen molar-refractivity contribution in [1.29, 1.82) is 0 Å². The fourth-order valence-electron chi connectivity index (χ4n) is 1.57. The van der Waals surface area contributed by atoms with E-state index in [0.717, 1.165) is 25.8 Å². The molecule has 4 heteroatoms. The maximum Gasteiger partial charge on any atom is 0.0732 e. The third kappa shape index (κ3) is 3.57. The Morgan fingerprint density at radius 2 is 1.56 bits per heavy atom. The molecule has 0 aromatic heterocycles. The summed E-state index contributed by atoms with van der Waals surface area (Å²) >= 11 is 6.98. The topological polar surface area (TPSA) is 35.2 Å². The molecule has 0 aliphatic carbocycles. The average Bonchev–Trinajstić information content (AvgIpc) is 2.34. The van der Waals surface area contributed by atoms with Gasteiger partial charge in [0.1, 0.15) is 0 Å². The van der Waals surface area contributed by atoms with Gasteiger partial charge in [0.25, 0.3) is 0 Å². The van der Waals surface area contributed by atoms with Crippen LogP contribution in [0.3, 0.4) is 0 Å². The Labute approximate surface area is 123 Å². The lowest BCUT2D eigenvalue weighted by Gasteiger charge is -2.08. The first kappa shape index (κ1) is 13.6. The van der Waals surface area contributed by atoms with Crippen molar-refractivity contribution >= 4 is 37.5 Å². The first-order valence-corrected chi connectivity index (χ1v) is 7.10. The third-order valence-electron chi connectivity index (χ3n) is 2.55. The van der Waals surface area contributed by atoms with Gasteiger partial charge in [0, 0.05) is 14.6 Å². The second-order valence-corrected chi connectivity index (χ2v) is 5.64. The standard InChI is InChI=1S/C14H13Br2NO/c15-13-4-2-1-3-10(13)8-18-9-11-5-6-12(17)7-14(11)16/h1-7H,8-9,17H2. The molecule has 0 saturated carbocycles. The highest BCUT2D eigenvalue weighted by Crippen LogP contribution is 2.22. The SMILES string of the molecule is Nc1ccc(COCc2ccccc2Br)c(Br)c1. The molecule has 94 valence electrons. The maximum atomic E-state index is 5.71. The summed E-state index contributed by atoms with van der Waals surface area (Å²) in [6, 6.07) is 13.8. The van der Waals surface area contributed by atoms with E-state index in [4.69, 9.17) is 10.5 Å². The number of nitrogens with two attached hydrogens (primary N) is 1. The number of benzene rings is 2. The molecule has 0 bridgehead atoms. The van der Waals surface area contributed by atoms with Crippen molar-refractivity contribution in [2.75, 3.05) is 5.73 Å². The summed E-state index contributed by atoms with van der Waals surface area (Å²) in [6.07, 6.45) is 0. The van der Waals surface area contributed by atoms with E-state index in [1.165, 1.54) is 0 Å². The fraction of sp³-hybridized carbons (Fsp3) is 0.143. The summed E-state index contributed by atoms with van der Waals surface area (Å²) in [6.45, 7) is 1.14. The van der Waals surface area contributed by atoms with Crippen LogP contribution in [0.2, 0.25) is 0 Å². The van der Waals surface area contributed by atoms with Gasteiger partial charge in [-0.3, -0.25) is 0 Å². The van der Waals surface area contributed by atoms with Crippen molar-refractivity contribution in [3.63, 3.8) is 0 Å². The highest BCUT2D eigenvalue weighted by Gasteiger charge is 2.02. The van der Waals surface area contributed by atoms with E-state index in [0.29, 0.717) is 13.2 Å². The van der Waals surface area contributed by atoms with Crippen LogP contribution in [-0.2, 0) is 18.0 Å². The molecule has 2 nitrogen and oxygen atoms in total. The predicted octanol–water partition coefficient (Wildman–Crippen LogP) is 4.51. The van der Waals surface area contributed by atoms with Gasteiger partial charge in [0.05, 0.1) is 13.2 Å². The lowest BCUT2D eigenvalue weighted by molar-refractivity contribution is 0.106. The molecule has 0 heterocycles. The molecule has 0 amide bonds. The maximum absolute atomic E-state index is 5.71. The molecule has 0 radical (unpaired) electrons. The number of rotatable bonds is 4. The van der Waals surface area contributed by atoms with Gasteiger partial charge in [-0.15, -0.1) is 0 Å². The third-order valence-corrected chi connectivity index (χ3v) is 4.06. The number of ether oxygens (including phenoxy) is 1. The van der Waals surface area contributed by atoms with Crippen LogP contribution >= 0.6 is 31.9 Å². The minimum atomic E-state index is 0.558. The van der Waals surface area contributed by atoms with Crippen LogP contribution in [-0.4, -0.2) is 0 Å². The average molecular weight is 371 g/mol. The van der Waals surface area contributed by atoms with Gasteiger partial charge in [-0.2, -0.15) is 0 Å². The molecule has 2 aromatic carbocycles. The first-order valence-electron chi connectivity index (χ1n) is 5.52. The van der Waals surface area contributed by atoms with E-state index in [-0.39, 0.29) is 0 Å². The fourth-order valence-corrected chi connectivity index (χ4v) is 2.48. The van der Waals surface area contributed by atoms with Gasteiger partial charge in [0.15, 0.2) is 0 Å². The molecule has 2 N–H and O–H groups in total. The predicted molar refractivity (Wildman–Crippen MR) is 81.2 cm³/mol. The Kier molecular flexibility index (Phi) is 4.80. The summed E-state index contributed by atoms with van der Waals surface area (Å²) in [7, 11) is 0. The number of nitrogen functional groups attached to an aromatic ring is 1. The Balaban J connectivity index is 1.95.